The second kappa shape index (κ2) is 11.2. The number of rotatable bonds is 7. The zero-order valence-corrected chi connectivity index (χ0v) is 20.1. The normalized spacial score (nSPS) is 13.9. The Bertz CT molecular complexity index is 1180. The molecule has 0 bridgehead atoms. The van der Waals surface area contributed by atoms with Gasteiger partial charge in [-0.2, -0.15) is 0 Å². The van der Waals surface area contributed by atoms with Crippen molar-refractivity contribution in [3.8, 4) is 17.2 Å². The Balaban J connectivity index is 1.38. The first-order valence-corrected chi connectivity index (χ1v) is 11.9. The molecule has 35 heavy (non-hydrogen) atoms. The number of benzene rings is 3. The van der Waals surface area contributed by atoms with Gasteiger partial charge in [-0.15, -0.1) is 0 Å². The number of likely N-dealkylation sites (tertiary alicyclic amines) is 1. The van der Waals surface area contributed by atoms with Crippen molar-refractivity contribution >= 4 is 29.1 Å². The number of anilines is 1. The number of halogens is 2. The smallest absolute Gasteiger partial charge is 0.253 e. The summed E-state index contributed by atoms with van der Waals surface area (Å²) in [6.45, 7) is 3.38. The first kappa shape index (κ1) is 24.5. The third kappa shape index (κ3) is 6.31. The average molecular weight is 497 g/mol. The van der Waals surface area contributed by atoms with Gasteiger partial charge in [0.25, 0.3) is 5.91 Å². The molecule has 6 nitrogen and oxygen atoms in total. The third-order valence-corrected chi connectivity index (χ3v) is 6.04. The van der Waals surface area contributed by atoms with Crippen LogP contribution in [0.3, 0.4) is 0 Å². The molecule has 1 aliphatic rings. The zero-order chi connectivity index (χ0) is 24.8. The second-order valence-corrected chi connectivity index (χ2v) is 8.65. The van der Waals surface area contributed by atoms with E-state index < -0.39 is 0 Å². The van der Waals surface area contributed by atoms with E-state index >= 15 is 0 Å². The van der Waals surface area contributed by atoms with Crippen LogP contribution >= 0.6 is 11.6 Å². The summed E-state index contributed by atoms with van der Waals surface area (Å²) in [4.78, 5) is 27.4. The summed E-state index contributed by atoms with van der Waals surface area (Å²) in [6.07, 6.45) is 1.04. The summed E-state index contributed by atoms with van der Waals surface area (Å²) < 4.78 is 24.6. The Kier molecular flexibility index (Phi) is 7.87. The van der Waals surface area contributed by atoms with Gasteiger partial charge >= 0.3 is 0 Å². The van der Waals surface area contributed by atoms with Crippen molar-refractivity contribution in [3.05, 3.63) is 83.1 Å². The van der Waals surface area contributed by atoms with Crippen molar-refractivity contribution in [3.63, 3.8) is 0 Å². The zero-order valence-electron chi connectivity index (χ0n) is 19.3. The SMILES string of the molecule is CCOc1ccc(Oc2ccc(Cl)cc2NC(=O)C2CCN(C(=O)c3ccc(F)cc3)CC2)cc1. The minimum absolute atomic E-state index is 0.155. The fourth-order valence-corrected chi connectivity index (χ4v) is 4.11. The van der Waals surface area contributed by atoms with Gasteiger partial charge in [-0.3, -0.25) is 9.59 Å². The predicted octanol–water partition coefficient (Wildman–Crippen LogP) is 6.16. The van der Waals surface area contributed by atoms with Crippen molar-refractivity contribution in [2.24, 2.45) is 5.92 Å². The Morgan fingerprint density at radius 3 is 2.31 bits per heavy atom. The predicted molar refractivity (Wildman–Crippen MR) is 133 cm³/mol. The largest absolute Gasteiger partial charge is 0.494 e. The van der Waals surface area contributed by atoms with Crippen LogP contribution in [-0.2, 0) is 4.79 Å². The van der Waals surface area contributed by atoms with E-state index in [0.29, 0.717) is 60.3 Å². The lowest BCUT2D eigenvalue weighted by molar-refractivity contribution is -0.121. The number of carbonyl (C=O) groups excluding carboxylic acids is 2. The molecular formula is C27H26ClFN2O4. The summed E-state index contributed by atoms with van der Waals surface area (Å²) in [6, 6.07) is 17.7. The second-order valence-electron chi connectivity index (χ2n) is 8.21. The minimum atomic E-state index is -0.385. The molecule has 8 heteroatoms. The molecule has 0 saturated carbocycles. The number of ether oxygens (including phenoxy) is 2. The van der Waals surface area contributed by atoms with Gasteiger partial charge in [-0.1, -0.05) is 11.6 Å². The van der Waals surface area contributed by atoms with E-state index in [1.807, 2.05) is 19.1 Å². The molecule has 3 aromatic rings. The van der Waals surface area contributed by atoms with Crippen LogP contribution in [0.4, 0.5) is 10.1 Å². The lowest BCUT2D eigenvalue weighted by Crippen LogP contribution is -2.41. The van der Waals surface area contributed by atoms with Crippen LogP contribution in [0.1, 0.15) is 30.1 Å². The van der Waals surface area contributed by atoms with Crippen LogP contribution in [0, 0.1) is 11.7 Å². The Labute approximate surface area is 208 Å². The molecule has 4 rings (SSSR count). The number of amides is 2. The van der Waals surface area contributed by atoms with Gasteiger partial charge < -0.3 is 19.7 Å². The summed E-state index contributed by atoms with van der Waals surface area (Å²) in [5.41, 5.74) is 0.908. The van der Waals surface area contributed by atoms with Gasteiger partial charge in [-0.05, 0) is 86.5 Å². The molecule has 0 radical (unpaired) electrons. The van der Waals surface area contributed by atoms with E-state index in [2.05, 4.69) is 5.32 Å². The molecular weight excluding hydrogens is 471 g/mol. The standard InChI is InChI=1S/C27H26ClFN2O4/c1-2-34-22-8-10-23(11-9-22)35-25-12-5-20(28)17-24(25)30-26(32)18-13-15-31(16-14-18)27(33)19-3-6-21(29)7-4-19/h3-12,17-18H,2,13-16H2,1H3,(H,30,32). The fraction of sp³-hybridized carbons (Fsp3) is 0.259. The molecule has 1 fully saturated rings. The van der Waals surface area contributed by atoms with Crippen molar-refractivity contribution in [2.75, 3.05) is 25.0 Å². The molecule has 0 aliphatic carbocycles. The molecule has 3 aromatic carbocycles. The average Bonchev–Trinajstić information content (AvgIpc) is 2.87. The molecule has 182 valence electrons. The maximum absolute atomic E-state index is 13.1. The summed E-state index contributed by atoms with van der Waals surface area (Å²) in [5.74, 6) is 0.847. The monoisotopic (exact) mass is 496 g/mol. The number of hydrogen-bond donors (Lipinski definition) is 1. The quantitative estimate of drug-likeness (QED) is 0.425. The number of carbonyl (C=O) groups is 2. The number of nitrogens with zero attached hydrogens (tertiary/aromatic N) is 1. The van der Waals surface area contributed by atoms with Crippen LogP contribution < -0.4 is 14.8 Å². The first-order chi connectivity index (χ1) is 16.9. The molecule has 0 spiro atoms. The Hall–Kier alpha value is -3.58. The molecule has 1 saturated heterocycles. The molecule has 1 heterocycles. The van der Waals surface area contributed by atoms with Gasteiger partial charge in [-0.25, -0.2) is 4.39 Å². The highest BCUT2D eigenvalue weighted by atomic mass is 35.5. The maximum Gasteiger partial charge on any atom is 0.253 e. The topological polar surface area (TPSA) is 67.9 Å². The van der Waals surface area contributed by atoms with Crippen molar-refractivity contribution in [2.45, 2.75) is 19.8 Å². The molecule has 1 N–H and O–H groups in total. The van der Waals surface area contributed by atoms with Crippen molar-refractivity contribution < 1.29 is 23.5 Å². The minimum Gasteiger partial charge on any atom is -0.494 e. The van der Waals surface area contributed by atoms with Gasteiger partial charge in [0.15, 0.2) is 5.75 Å². The van der Waals surface area contributed by atoms with E-state index in [1.54, 1.807) is 35.2 Å². The van der Waals surface area contributed by atoms with E-state index in [-0.39, 0.29) is 23.5 Å². The van der Waals surface area contributed by atoms with Gasteiger partial charge in [0.1, 0.15) is 17.3 Å². The molecule has 0 aromatic heterocycles. The summed E-state index contributed by atoms with van der Waals surface area (Å²) >= 11 is 6.18. The molecule has 1 aliphatic heterocycles. The Morgan fingerprint density at radius 1 is 1.00 bits per heavy atom. The molecule has 0 atom stereocenters. The molecule has 2 amide bonds. The van der Waals surface area contributed by atoms with E-state index in [9.17, 15) is 14.0 Å². The lowest BCUT2D eigenvalue weighted by atomic mass is 9.95. The van der Waals surface area contributed by atoms with E-state index in [1.165, 1.54) is 24.3 Å². The van der Waals surface area contributed by atoms with Gasteiger partial charge in [0, 0.05) is 29.6 Å². The summed E-state index contributed by atoms with van der Waals surface area (Å²) in [5, 5.41) is 3.41. The molecule has 0 unspecified atom stereocenters. The van der Waals surface area contributed by atoms with E-state index in [0.717, 1.165) is 5.75 Å². The summed E-state index contributed by atoms with van der Waals surface area (Å²) in [7, 11) is 0. The van der Waals surface area contributed by atoms with Crippen molar-refractivity contribution in [1.82, 2.24) is 4.90 Å². The van der Waals surface area contributed by atoms with Gasteiger partial charge in [0.05, 0.1) is 12.3 Å². The first-order valence-electron chi connectivity index (χ1n) is 11.5. The highest BCUT2D eigenvalue weighted by Gasteiger charge is 2.28. The number of nitrogens with one attached hydrogen (secondary N) is 1. The van der Waals surface area contributed by atoms with Crippen LogP contribution in [-0.4, -0.2) is 36.4 Å². The van der Waals surface area contributed by atoms with Crippen molar-refractivity contribution in [1.29, 1.82) is 0 Å². The fourth-order valence-electron chi connectivity index (χ4n) is 3.94. The van der Waals surface area contributed by atoms with E-state index in [4.69, 9.17) is 21.1 Å². The highest BCUT2D eigenvalue weighted by Crippen LogP contribution is 2.33. The maximum atomic E-state index is 13.1. The highest BCUT2D eigenvalue weighted by molar-refractivity contribution is 6.31. The van der Waals surface area contributed by atoms with Crippen LogP contribution in [0.5, 0.6) is 17.2 Å². The van der Waals surface area contributed by atoms with Gasteiger partial charge in [0.2, 0.25) is 5.91 Å². The lowest BCUT2D eigenvalue weighted by Gasteiger charge is -2.31. The van der Waals surface area contributed by atoms with Crippen LogP contribution in [0.25, 0.3) is 0 Å². The van der Waals surface area contributed by atoms with Crippen LogP contribution in [0.2, 0.25) is 5.02 Å². The Morgan fingerprint density at radius 2 is 1.66 bits per heavy atom. The number of hydrogen-bond acceptors (Lipinski definition) is 4. The van der Waals surface area contributed by atoms with Crippen LogP contribution in [0.15, 0.2) is 66.7 Å². The number of piperidine rings is 1. The third-order valence-electron chi connectivity index (χ3n) is 5.81.